The molecule has 0 bridgehead atoms. The van der Waals surface area contributed by atoms with Gasteiger partial charge in [0.25, 0.3) is 0 Å². The molecule has 1 atom stereocenters. The Bertz CT molecular complexity index is 1460. The topological polar surface area (TPSA) is 70.2 Å². The third kappa shape index (κ3) is 4.76. The number of H-pyrrole nitrogens is 1. The molecule has 7 nitrogen and oxygen atoms in total. The summed E-state index contributed by atoms with van der Waals surface area (Å²) in [5, 5.41) is 9.27. The predicted octanol–water partition coefficient (Wildman–Crippen LogP) is 6.15. The van der Waals surface area contributed by atoms with Crippen molar-refractivity contribution in [3.8, 4) is 17.0 Å². The number of nitrogens with zero attached hydrogens (tertiary/aromatic N) is 5. The van der Waals surface area contributed by atoms with E-state index in [1.54, 1.807) is 6.20 Å². The molecule has 0 amide bonds. The number of nitrogens with one attached hydrogen (secondary N) is 1. The van der Waals surface area contributed by atoms with Gasteiger partial charge in [0.2, 0.25) is 0 Å². The maximum atomic E-state index is 12.6. The van der Waals surface area contributed by atoms with E-state index in [0.29, 0.717) is 47.5 Å². The Hall–Kier alpha value is -3.08. The van der Waals surface area contributed by atoms with Gasteiger partial charge < -0.3 is 9.64 Å². The highest BCUT2D eigenvalue weighted by Crippen LogP contribution is 2.42. The summed E-state index contributed by atoms with van der Waals surface area (Å²) < 4.78 is 43.9. The second-order valence-electron chi connectivity index (χ2n) is 10.1. The number of alkyl halides is 3. The number of hydrogen-bond donors (Lipinski definition) is 1. The number of hydrogen-bond acceptors (Lipinski definition) is 6. The molecule has 1 aromatic carbocycles. The number of likely N-dealkylation sites (tertiary alicyclic amines) is 1. The van der Waals surface area contributed by atoms with Gasteiger partial charge in [0, 0.05) is 66.7 Å². The van der Waals surface area contributed by atoms with Crippen molar-refractivity contribution in [2.75, 3.05) is 37.6 Å². The summed E-state index contributed by atoms with van der Waals surface area (Å²) in [6, 6.07) is 9.52. The first-order valence-electron chi connectivity index (χ1n) is 12.0. The molecule has 0 radical (unpaired) electrons. The standard InChI is InChI=1S/C26H23Cl2F3N6O/c1-15(23-19(27)8-32-9-20(23)28)38-17-3-4-21-18(6-17)24(35-34-21)16-2-5-22(33-7-16)37-12-25(13-37)10-36(11-25)14-26(29,30)31/h2-9,15H,10-14H2,1H3,(H,34,35)/t15-/m1/s1. The lowest BCUT2D eigenvalue weighted by atomic mass is 9.73. The lowest BCUT2D eigenvalue weighted by Gasteiger charge is -2.60. The Morgan fingerprint density at radius 3 is 2.45 bits per heavy atom. The van der Waals surface area contributed by atoms with Crippen LogP contribution in [0.15, 0.2) is 48.9 Å². The number of pyridine rings is 2. The van der Waals surface area contributed by atoms with Crippen LogP contribution >= 0.6 is 23.2 Å². The van der Waals surface area contributed by atoms with Gasteiger partial charge in [-0.25, -0.2) is 4.98 Å². The van der Waals surface area contributed by atoms with Gasteiger partial charge in [-0.3, -0.25) is 15.0 Å². The third-order valence-electron chi connectivity index (χ3n) is 7.06. The Labute approximate surface area is 226 Å². The minimum atomic E-state index is -4.15. The Morgan fingerprint density at radius 2 is 1.79 bits per heavy atom. The molecular weight excluding hydrogens is 540 g/mol. The number of halogens is 5. The first-order chi connectivity index (χ1) is 18.1. The zero-order chi connectivity index (χ0) is 26.7. The molecule has 12 heteroatoms. The molecule has 0 aliphatic carbocycles. The zero-order valence-corrected chi connectivity index (χ0v) is 21.8. The van der Waals surface area contributed by atoms with E-state index < -0.39 is 18.8 Å². The molecule has 0 unspecified atom stereocenters. The lowest BCUT2D eigenvalue weighted by Crippen LogP contribution is -2.73. The predicted molar refractivity (Wildman–Crippen MR) is 140 cm³/mol. The van der Waals surface area contributed by atoms with Gasteiger partial charge in [-0.2, -0.15) is 18.3 Å². The van der Waals surface area contributed by atoms with Gasteiger partial charge in [0.15, 0.2) is 0 Å². The van der Waals surface area contributed by atoms with Crippen LogP contribution < -0.4 is 9.64 Å². The van der Waals surface area contributed by atoms with Crippen LogP contribution in [0.3, 0.4) is 0 Å². The minimum absolute atomic E-state index is 0.0533. The monoisotopic (exact) mass is 562 g/mol. The van der Waals surface area contributed by atoms with Crippen molar-refractivity contribution in [1.29, 1.82) is 0 Å². The van der Waals surface area contributed by atoms with Gasteiger partial charge in [0.1, 0.15) is 23.4 Å². The molecule has 0 saturated carbocycles. The van der Waals surface area contributed by atoms with Crippen LogP contribution in [-0.2, 0) is 0 Å². The van der Waals surface area contributed by atoms with Crippen molar-refractivity contribution < 1.29 is 17.9 Å². The molecule has 2 aliphatic heterocycles. The van der Waals surface area contributed by atoms with E-state index >= 15 is 0 Å². The summed E-state index contributed by atoms with van der Waals surface area (Å²) >= 11 is 12.6. The molecule has 198 valence electrons. The van der Waals surface area contributed by atoms with Gasteiger partial charge >= 0.3 is 6.18 Å². The second-order valence-corrected chi connectivity index (χ2v) is 10.9. The van der Waals surface area contributed by atoms with Crippen LogP contribution in [0, 0.1) is 5.41 Å². The van der Waals surface area contributed by atoms with E-state index in [1.807, 2.05) is 37.3 Å². The normalized spacial score (nSPS) is 17.9. The number of aromatic nitrogens is 4. The van der Waals surface area contributed by atoms with Gasteiger partial charge in [0.05, 0.1) is 22.1 Å². The third-order valence-corrected chi connectivity index (χ3v) is 7.67. The van der Waals surface area contributed by atoms with Crippen molar-refractivity contribution >= 4 is 39.9 Å². The quantitative estimate of drug-likeness (QED) is 0.304. The maximum absolute atomic E-state index is 12.6. The summed E-state index contributed by atoms with van der Waals surface area (Å²) in [5.74, 6) is 1.43. The minimum Gasteiger partial charge on any atom is -0.486 e. The number of anilines is 1. The van der Waals surface area contributed by atoms with Crippen LogP contribution in [0.1, 0.15) is 18.6 Å². The van der Waals surface area contributed by atoms with Gasteiger partial charge in [-0.15, -0.1) is 0 Å². The summed E-state index contributed by atoms with van der Waals surface area (Å²) in [7, 11) is 0. The molecular formula is C26H23Cl2F3N6O. The van der Waals surface area contributed by atoms with E-state index in [-0.39, 0.29) is 5.41 Å². The fraction of sp³-hybridized carbons (Fsp3) is 0.346. The zero-order valence-electron chi connectivity index (χ0n) is 20.3. The average molecular weight is 563 g/mol. The molecule has 5 heterocycles. The van der Waals surface area contributed by atoms with Crippen LogP contribution in [-0.4, -0.2) is 64.0 Å². The number of rotatable bonds is 6. The summed E-state index contributed by atoms with van der Waals surface area (Å²) in [5.41, 5.74) is 3.03. The van der Waals surface area contributed by atoms with Crippen molar-refractivity contribution in [3.05, 3.63) is 64.5 Å². The largest absolute Gasteiger partial charge is 0.486 e. The molecule has 38 heavy (non-hydrogen) atoms. The molecule has 2 fully saturated rings. The average Bonchev–Trinajstić information content (AvgIpc) is 3.22. The SMILES string of the molecule is C[C@@H](Oc1ccc2[nH]nc(-c3ccc(N4CC5(CN(CC(F)(F)F)C5)C4)nc3)c2c1)c1c(Cl)cncc1Cl. The number of ether oxygens (including phenoxy) is 1. The maximum Gasteiger partial charge on any atom is 0.401 e. The number of fused-ring (bicyclic) bond motifs is 1. The highest BCUT2D eigenvalue weighted by molar-refractivity contribution is 6.35. The number of benzene rings is 1. The molecule has 4 aromatic rings. The molecule has 2 saturated heterocycles. The highest BCUT2D eigenvalue weighted by atomic mass is 35.5. The Kier molecular flexibility index (Phi) is 6.16. The molecule has 3 aromatic heterocycles. The van der Waals surface area contributed by atoms with Crippen molar-refractivity contribution in [2.45, 2.75) is 19.2 Å². The fourth-order valence-corrected chi connectivity index (χ4v) is 6.14. The lowest BCUT2D eigenvalue weighted by molar-refractivity contribution is -0.172. The van der Waals surface area contributed by atoms with Crippen LogP contribution in [0.25, 0.3) is 22.2 Å². The molecule has 6 rings (SSSR count). The van der Waals surface area contributed by atoms with E-state index in [4.69, 9.17) is 27.9 Å². The highest BCUT2D eigenvalue weighted by Gasteiger charge is 2.53. The Balaban J connectivity index is 1.14. The van der Waals surface area contributed by atoms with E-state index in [1.165, 1.54) is 17.3 Å². The second kappa shape index (κ2) is 9.29. The summed E-state index contributed by atoms with van der Waals surface area (Å²) in [6.45, 7) is 3.41. The van der Waals surface area contributed by atoms with Crippen molar-refractivity contribution in [2.24, 2.45) is 5.41 Å². The first kappa shape index (κ1) is 25.2. The summed E-state index contributed by atoms with van der Waals surface area (Å²) in [4.78, 5) is 12.1. The summed E-state index contributed by atoms with van der Waals surface area (Å²) in [6.07, 6.45) is 0.282. The van der Waals surface area contributed by atoms with Gasteiger partial charge in [-0.05, 0) is 37.3 Å². The van der Waals surface area contributed by atoms with Crippen molar-refractivity contribution in [1.82, 2.24) is 25.1 Å². The van der Waals surface area contributed by atoms with Gasteiger partial charge in [-0.1, -0.05) is 23.2 Å². The van der Waals surface area contributed by atoms with E-state index in [0.717, 1.165) is 28.0 Å². The van der Waals surface area contributed by atoms with Crippen molar-refractivity contribution in [3.63, 3.8) is 0 Å². The molecule has 2 aliphatic rings. The fourth-order valence-electron chi connectivity index (χ4n) is 5.47. The molecule has 1 N–H and O–H groups in total. The Morgan fingerprint density at radius 1 is 1.05 bits per heavy atom. The van der Waals surface area contributed by atoms with Crippen LogP contribution in [0.2, 0.25) is 10.0 Å². The van der Waals surface area contributed by atoms with E-state index in [9.17, 15) is 13.2 Å². The first-order valence-corrected chi connectivity index (χ1v) is 12.8. The van der Waals surface area contributed by atoms with Crippen LogP contribution in [0.5, 0.6) is 5.75 Å². The van der Waals surface area contributed by atoms with Crippen LogP contribution in [0.4, 0.5) is 19.0 Å². The van der Waals surface area contributed by atoms with E-state index in [2.05, 4.69) is 25.1 Å². The molecule has 1 spiro atoms. The smallest absolute Gasteiger partial charge is 0.401 e. The number of aromatic amines is 1.